The van der Waals surface area contributed by atoms with Gasteiger partial charge in [0, 0.05) is 29.7 Å². The molecule has 4 rings (SSSR count). The van der Waals surface area contributed by atoms with E-state index in [2.05, 4.69) is 16.0 Å². The van der Waals surface area contributed by atoms with Crippen LogP contribution >= 0.6 is 23.2 Å². The molecular weight excluding hydrogens is 397 g/mol. The minimum atomic E-state index is 0.184. The zero-order valence-electron chi connectivity index (χ0n) is 15.4. The Morgan fingerprint density at radius 1 is 1.21 bits per heavy atom. The van der Waals surface area contributed by atoms with Crippen LogP contribution in [0.3, 0.4) is 0 Å². The topological polar surface area (TPSA) is 68.0 Å². The van der Waals surface area contributed by atoms with Gasteiger partial charge in [-0.2, -0.15) is 5.26 Å². The number of pyridine rings is 2. The lowest BCUT2D eigenvalue weighted by Gasteiger charge is -2.24. The molecular formula is C21H19Cl2N3O2. The molecule has 7 heteroatoms. The number of allylic oxidation sites excluding steroid dienone is 1. The van der Waals surface area contributed by atoms with E-state index in [9.17, 15) is 5.26 Å². The summed E-state index contributed by atoms with van der Waals surface area (Å²) in [4.78, 5) is 8.28. The zero-order valence-corrected chi connectivity index (χ0v) is 16.9. The van der Waals surface area contributed by atoms with Crippen LogP contribution in [0.4, 0.5) is 0 Å². The van der Waals surface area contributed by atoms with Gasteiger partial charge in [-0.1, -0.05) is 23.2 Å². The Bertz CT molecular complexity index is 950. The van der Waals surface area contributed by atoms with Crippen molar-refractivity contribution in [2.45, 2.75) is 31.8 Å². The van der Waals surface area contributed by atoms with Crippen molar-refractivity contribution in [3.8, 4) is 17.7 Å². The number of rotatable bonds is 5. The van der Waals surface area contributed by atoms with E-state index in [0.717, 1.165) is 12.3 Å². The first-order valence-corrected chi connectivity index (χ1v) is 9.96. The van der Waals surface area contributed by atoms with Crippen molar-refractivity contribution in [1.82, 2.24) is 9.97 Å². The van der Waals surface area contributed by atoms with Crippen molar-refractivity contribution < 1.29 is 9.47 Å². The summed E-state index contributed by atoms with van der Waals surface area (Å²) in [6, 6.07) is 4.00. The van der Waals surface area contributed by atoms with Crippen molar-refractivity contribution in [3.05, 3.63) is 45.8 Å². The number of nitrogens with zero attached hydrogens (tertiary/aromatic N) is 3. The second kappa shape index (κ2) is 7.98. The van der Waals surface area contributed by atoms with E-state index in [1.807, 2.05) is 0 Å². The van der Waals surface area contributed by atoms with Gasteiger partial charge in [-0.05, 0) is 49.7 Å². The van der Waals surface area contributed by atoms with Crippen LogP contribution in [0.2, 0.25) is 10.0 Å². The molecule has 0 radical (unpaired) electrons. The number of hydrogen-bond donors (Lipinski definition) is 0. The highest BCUT2D eigenvalue weighted by molar-refractivity contribution is 6.37. The van der Waals surface area contributed by atoms with Crippen molar-refractivity contribution in [2.75, 3.05) is 7.11 Å². The van der Waals surface area contributed by atoms with Crippen LogP contribution < -0.4 is 9.47 Å². The maximum atomic E-state index is 9.69. The standard InChI is InChI=1S/C21H19Cl2N3O2/c1-27-21-20(28-19-5-12-2-3-13(19)4-12)7-15(9-26-21)14(8-24)6-16-17(22)10-25-11-18(16)23/h6-7,9-13,19H,2-5H2,1H3/b14-6+. The first-order valence-electron chi connectivity index (χ1n) is 9.21. The molecule has 2 heterocycles. The van der Waals surface area contributed by atoms with Gasteiger partial charge in [0.1, 0.15) is 6.10 Å². The van der Waals surface area contributed by atoms with Gasteiger partial charge in [-0.3, -0.25) is 4.98 Å². The number of fused-ring (bicyclic) bond motifs is 2. The Hall–Kier alpha value is -2.29. The predicted octanol–water partition coefficient (Wildman–Crippen LogP) is 5.42. The van der Waals surface area contributed by atoms with E-state index in [0.29, 0.717) is 44.3 Å². The molecule has 0 aromatic carbocycles. The molecule has 2 saturated carbocycles. The smallest absolute Gasteiger partial charge is 0.256 e. The van der Waals surface area contributed by atoms with E-state index < -0.39 is 0 Å². The molecule has 3 unspecified atom stereocenters. The minimum Gasteiger partial charge on any atom is -0.484 e. The van der Waals surface area contributed by atoms with Crippen molar-refractivity contribution in [2.24, 2.45) is 11.8 Å². The summed E-state index contributed by atoms with van der Waals surface area (Å²) < 4.78 is 11.6. The van der Waals surface area contributed by atoms with Crippen LogP contribution in [0, 0.1) is 23.2 Å². The first-order chi connectivity index (χ1) is 13.6. The fourth-order valence-corrected chi connectivity index (χ4v) is 4.67. The highest BCUT2D eigenvalue weighted by Crippen LogP contribution is 2.46. The first kappa shape index (κ1) is 19.0. The van der Waals surface area contributed by atoms with E-state index in [1.165, 1.54) is 31.7 Å². The number of hydrogen-bond acceptors (Lipinski definition) is 5. The maximum Gasteiger partial charge on any atom is 0.256 e. The van der Waals surface area contributed by atoms with E-state index in [1.54, 1.807) is 25.4 Å². The lowest BCUT2D eigenvalue weighted by Crippen LogP contribution is -2.23. The highest BCUT2D eigenvalue weighted by Gasteiger charge is 2.41. The molecule has 144 valence electrons. The second-order valence-electron chi connectivity index (χ2n) is 7.25. The molecule has 28 heavy (non-hydrogen) atoms. The molecule has 0 amide bonds. The molecule has 2 bridgehead atoms. The quantitative estimate of drug-likeness (QED) is 0.609. The third kappa shape index (κ3) is 3.67. The van der Waals surface area contributed by atoms with E-state index in [4.69, 9.17) is 32.7 Å². The number of aromatic nitrogens is 2. The molecule has 2 fully saturated rings. The number of halogens is 2. The molecule has 2 aromatic rings. The zero-order chi connectivity index (χ0) is 19.7. The minimum absolute atomic E-state index is 0.184. The van der Waals surface area contributed by atoms with Gasteiger partial charge in [0.05, 0.1) is 28.8 Å². The fraction of sp³-hybridized carbons (Fsp3) is 0.381. The van der Waals surface area contributed by atoms with Crippen LogP contribution in [-0.4, -0.2) is 23.2 Å². The molecule has 3 atom stereocenters. The van der Waals surface area contributed by atoms with Crippen LogP contribution in [0.15, 0.2) is 24.7 Å². The average molecular weight is 416 g/mol. The van der Waals surface area contributed by atoms with Crippen molar-refractivity contribution in [3.63, 3.8) is 0 Å². The molecule has 2 aliphatic carbocycles. The largest absolute Gasteiger partial charge is 0.484 e. The Morgan fingerprint density at radius 3 is 2.61 bits per heavy atom. The maximum absolute atomic E-state index is 9.69. The summed E-state index contributed by atoms with van der Waals surface area (Å²) in [5, 5.41) is 10.4. The van der Waals surface area contributed by atoms with Crippen LogP contribution in [0.1, 0.15) is 36.8 Å². The Balaban J connectivity index is 1.67. The second-order valence-corrected chi connectivity index (χ2v) is 8.06. The Kier molecular flexibility index (Phi) is 5.43. The van der Waals surface area contributed by atoms with E-state index in [-0.39, 0.29) is 6.10 Å². The lowest BCUT2D eigenvalue weighted by atomic mass is 9.97. The third-order valence-corrected chi connectivity index (χ3v) is 6.18. The normalized spacial score (nSPS) is 23.5. The average Bonchev–Trinajstić information content (AvgIpc) is 3.31. The fourth-order valence-electron chi connectivity index (χ4n) is 4.19. The van der Waals surface area contributed by atoms with Gasteiger partial charge in [-0.25, -0.2) is 4.98 Å². The molecule has 5 nitrogen and oxygen atoms in total. The SMILES string of the molecule is COc1ncc(/C(C#N)=C/c2c(Cl)cncc2Cl)cc1OC1CC2CCC1C2. The molecule has 0 spiro atoms. The monoisotopic (exact) mass is 415 g/mol. The van der Waals surface area contributed by atoms with Gasteiger partial charge in [-0.15, -0.1) is 0 Å². The number of ether oxygens (including phenoxy) is 2. The molecule has 0 N–H and O–H groups in total. The molecule has 2 aromatic heterocycles. The summed E-state index contributed by atoms with van der Waals surface area (Å²) in [6.07, 6.45) is 11.2. The Morgan fingerprint density at radius 2 is 2.00 bits per heavy atom. The van der Waals surface area contributed by atoms with Gasteiger partial charge in [0.25, 0.3) is 5.88 Å². The number of methoxy groups -OCH3 is 1. The van der Waals surface area contributed by atoms with Gasteiger partial charge in [0.15, 0.2) is 5.75 Å². The summed E-state index contributed by atoms with van der Waals surface area (Å²) in [5.41, 5.74) is 1.54. The van der Waals surface area contributed by atoms with Crippen LogP contribution in [-0.2, 0) is 0 Å². The van der Waals surface area contributed by atoms with Crippen LogP contribution in [0.5, 0.6) is 11.6 Å². The van der Waals surface area contributed by atoms with Gasteiger partial charge in [0.2, 0.25) is 0 Å². The van der Waals surface area contributed by atoms with Gasteiger partial charge >= 0.3 is 0 Å². The summed E-state index contributed by atoms with van der Waals surface area (Å²) in [6.45, 7) is 0. The van der Waals surface area contributed by atoms with E-state index >= 15 is 0 Å². The van der Waals surface area contributed by atoms with Crippen LogP contribution in [0.25, 0.3) is 11.6 Å². The lowest BCUT2D eigenvalue weighted by molar-refractivity contribution is 0.132. The third-order valence-electron chi connectivity index (χ3n) is 5.57. The van der Waals surface area contributed by atoms with Gasteiger partial charge < -0.3 is 9.47 Å². The Labute approximate surface area is 173 Å². The summed E-state index contributed by atoms with van der Waals surface area (Å²) in [7, 11) is 1.56. The predicted molar refractivity (Wildman–Crippen MR) is 108 cm³/mol. The molecule has 0 saturated heterocycles. The molecule has 2 aliphatic rings. The number of nitriles is 1. The van der Waals surface area contributed by atoms with Crippen molar-refractivity contribution >= 4 is 34.9 Å². The highest BCUT2D eigenvalue weighted by atomic mass is 35.5. The van der Waals surface area contributed by atoms with Crippen molar-refractivity contribution in [1.29, 1.82) is 5.26 Å². The summed E-state index contributed by atoms with van der Waals surface area (Å²) >= 11 is 12.4. The summed E-state index contributed by atoms with van der Waals surface area (Å²) in [5.74, 6) is 2.34. The molecule has 0 aliphatic heterocycles.